The predicted octanol–water partition coefficient (Wildman–Crippen LogP) is 2.85. The molecule has 10 nitrogen and oxygen atoms in total. The molecule has 0 spiro atoms. The molecule has 0 aromatic carbocycles. The number of hydrogen-bond acceptors (Lipinski definition) is 9. The highest BCUT2D eigenvalue weighted by Crippen LogP contribution is 2.50. The Balaban J connectivity index is 1.43. The van der Waals surface area contributed by atoms with Crippen molar-refractivity contribution in [1.29, 1.82) is 0 Å². The maximum atomic E-state index is 10.0. The van der Waals surface area contributed by atoms with Crippen molar-refractivity contribution >= 4 is 5.82 Å². The minimum absolute atomic E-state index is 0.365. The zero-order chi connectivity index (χ0) is 23.2. The largest absolute Gasteiger partial charge is 0.389 e. The second kappa shape index (κ2) is 7.73. The van der Waals surface area contributed by atoms with E-state index in [1.807, 2.05) is 18.3 Å². The third-order valence-corrected chi connectivity index (χ3v) is 6.01. The topological polar surface area (TPSA) is 142 Å². The molecule has 1 atom stereocenters. The van der Waals surface area contributed by atoms with Crippen LogP contribution in [0.15, 0.2) is 47.6 Å². The molecule has 4 heterocycles. The zero-order valence-electron chi connectivity index (χ0n) is 18.8. The van der Waals surface area contributed by atoms with Gasteiger partial charge in [0, 0.05) is 12.4 Å². The molecule has 0 unspecified atom stereocenters. The van der Waals surface area contributed by atoms with Gasteiger partial charge < -0.3 is 15.4 Å². The van der Waals surface area contributed by atoms with Crippen LogP contribution >= 0.6 is 0 Å². The van der Waals surface area contributed by atoms with Crippen LogP contribution in [0, 0.1) is 5.92 Å². The van der Waals surface area contributed by atoms with Crippen molar-refractivity contribution in [3.05, 3.63) is 54.5 Å². The van der Waals surface area contributed by atoms with Gasteiger partial charge in [-0.3, -0.25) is 9.67 Å². The normalized spacial score (nSPS) is 16.0. The van der Waals surface area contributed by atoms with Gasteiger partial charge in [0.1, 0.15) is 11.5 Å². The van der Waals surface area contributed by atoms with Crippen LogP contribution < -0.4 is 5.73 Å². The summed E-state index contributed by atoms with van der Waals surface area (Å²) < 4.78 is 7.29. The van der Waals surface area contributed by atoms with Gasteiger partial charge >= 0.3 is 0 Å². The maximum absolute atomic E-state index is 10.0. The second-order valence-corrected chi connectivity index (χ2v) is 9.40. The van der Waals surface area contributed by atoms with Crippen molar-refractivity contribution < 1.29 is 9.63 Å². The molecule has 0 bridgehead atoms. The number of anilines is 1. The molecule has 5 rings (SSSR count). The molecule has 1 aliphatic rings. The number of nitrogens with zero attached hydrogens (tertiary/aromatic N) is 7. The van der Waals surface area contributed by atoms with Crippen molar-refractivity contribution in [3.63, 3.8) is 0 Å². The van der Waals surface area contributed by atoms with E-state index in [-0.39, 0.29) is 0 Å². The summed E-state index contributed by atoms with van der Waals surface area (Å²) in [6.07, 6.45) is 10.6. The number of aliphatic hydroxyl groups is 1. The highest BCUT2D eigenvalue weighted by molar-refractivity contribution is 5.55. The van der Waals surface area contributed by atoms with E-state index < -0.39 is 11.0 Å². The van der Waals surface area contributed by atoms with Crippen molar-refractivity contribution in [3.8, 4) is 22.8 Å². The van der Waals surface area contributed by atoms with Crippen LogP contribution in [0.4, 0.5) is 5.82 Å². The van der Waals surface area contributed by atoms with Crippen LogP contribution in [0.3, 0.4) is 0 Å². The lowest BCUT2D eigenvalue weighted by molar-refractivity contribution is 0.0577. The van der Waals surface area contributed by atoms with E-state index in [4.69, 9.17) is 15.2 Å². The number of nitrogen functional groups attached to an aromatic ring is 1. The molecule has 10 heteroatoms. The molecule has 0 saturated heterocycles. The number of aromatic nitrogens is 7. The second-order valence-electron chi connectivity index (χ2n) is 9.40. The lowest BCUT2D eigenvalue weighted by Crippen LogP contribution is -2.28. The monoisotopic (exact) mass is 446 g/mol. The van der Waals surface area contributed by atoms with E-state index in [1.54, 1.807) is 37.1 Å². The number of pyridine rings is 1. The van der Waals surface area contributed by atoms with Gasteiger partial charge in [-0.25, -0.2) is 9.97 Å². The van der Waals surface area contributed by atoms with Gasteiger partial charge in [-0.1, -0.05) is 11.2 Å². The van der Waals surface area contributed by atoms with Crippen LogP contribution in [0.1, 0.15) is 45.0 Å². The van der Waals surface area contributed by atoms with Crippen molar-refractivity contribution in [2.24, 2.45) is 5.92 Å². The molecule has 1 fully saturated rings. The van der Waals surface area contributed by atoms with Gasteiger partial charge in [-0.05, 0) is 51.2 Å². The van der Waals surface area contributed by atoms with E-state index in [9.17, 15) is 5.11 Å². The molecule has 0 aliphatic heterocycles. The Morgan fingerprint density at radius 1 is 1.06 bits per heavy atom. The highest BCUT2D eigenvalue weighted by Gasteiger charge is 2.47. The number of rotatable bonds is 7. The first-order chi connectivity index (χ1) is 15.7. The quantitative estimate of drug-likeness (QED) is 0.438. The molecular weight excluding hydrogens is 420 g/mol. The van der Waals surface area contributed by atoms with E-state index in [2.05, 4.69) is 32.1 Å². The average molecular weight is 447 g/mol. The Morgan fingerprint density at radius 3 is 2.48 bits per heavy atom. The fourth-order valence-electron chi connectivity index (χ4n) is 4.04. The van der Waals surface area contributed by atoms with Gasteiger partial charge in [0.2, 0.25) is 0 Å². The Hall–Kier alpha value is -3.66. The summed E-state index contributed by atoms with van der Waals surface area (Å²) in [4.78, 5) is 17.7. The van der Waals surface area contributed by atoms with Gasteiger partial charge in [-0.2, -0.15) is 10.1 Å². The molecule has 0 amide bonds. The van der Waals surface area contributed by atoms with E-state index in [0.29, 0.717) is 41.3 Å². The summed E-state index contributed by atoms with van der Waals surface area (Å²) in [5.74, 6) is 1.80. The number of hydrogen-bond donors (Lipinski definition) is 2. The van der Waals surface area contributed by atoms with Crippen LogP contribution in [0.5, 0.6) is 0 Å². The molecule has 1 saturated carbocycles. The van der Waals surface area contributed by atoms with Gasteiger partial charge in [-0.15, -0.1) is 0 Å². The maximum Gasteiger partial charge on any atom is 0.261 e. The third kappa shape index (κ3) is 4.21. The van der Waals surface area contributed by atoms with Crippen LogP contribution in [0.2, 0.25) is 0 Å². The Labute approximate surface area is 190 Å². The first kappa shape index (κ1) is 21.2. The SMILES string of the molecule is CC(C)(O)Cn1cc(-c2nc([C@@](C)(c3ccc(-c4cnc(N)cn4)nc3)C3CC3)no2)cn1. The molecule has 0 radical (unpaired) electrons. The van der Waals surface area contributed by atoms with Crippen molar-refractivity contribution in [2.45, 2.75) is 51.2 Å². The standard InChI is InChI=1S/C23H26N8O2/c1-22(2,32)13-31-12-14(8-28-31)20-29-21(30-33-20)23(3,15-4-5-15)16-6-7-17(25-9-16)18-10-27-19(24)11-26-18/h6-12,15,32H,4-5,13H2,1-3H3,(H2,24,27)/t23-/m1/s1. The lowest BCUT2D eigenvalue weighted by atomic mass is 9.77. The van der Waals surface area contributed by atoms with Crippen LogP contribution in [-0.4, -0.2) is 45.6 Å². The molecule has 3 N–H and O–H groups in total. The third-order valence-electron chi connectivity index (χ3n) is 6.01. The first-order valence-electron chi connectivity index (χ1n) is 10.9. The molecule has 170 valence electrons. The smallest absolute Gasteiger partial charge is 0.261 e. The van der Waals surface area contributed by atoms with E-state index in [0.717, 1.165) is 24.1 Å². The van der Waals surface area contributed by atoms with E-state index in [1.165, 1.54) is 6.20 Å². The molecule has 1 aliphatic carbocycles. The first-order valence-corrected chi connectivity index (χ1v) is 10.9. The van der Waals surface area contributed by atoms with Gasteiger partial charge in [0.25, 0.3) is 5.89 Å². The number of nitrogens with two attached hydrogens (primary N) is 1. The molecule has 4 aromatic heterocycles. The molecule has 4 aromatic rings. The van der Waals surface area contributed by atoms with Gasteiger partial charge in [0.15, 0.2) is 5.82 Å². The van der Waals surface area contributed by atoms with Crippen molar-refractivity contribution in [2.75, 3.05) is 5.73 Å². The average Bonchev–Trinajstić information content (AvgIpc) is 3.35. The van der Waals surface area contributed by atoms with Gasteiger partial charge in [0.05, 0.1) is 47.4 Å². The Kier molecular flexibility index (Phi) is 4.97. The van der Waals surface area contributed by atoms with E-state index >= 15 is 0 Å². The minimum atomic E-state index is -0.870. The molecular formula is C23H26N8O2. The summed E-state index contributed by atoms with van der Waals surface area (Å²) in [6, 6.07) is 3.97. The minimum Gasteiger partial charge on any atom is -0.389 e. The summed E-state index contributed by atoms with van der Waals surface area (Å²) in [7, 11) is 0. The predicted molar refractivity (Wildman–Crippen MR) is 121 cm³/mol. The van der Waals surface area contributed by atoms with Crippen molar-refractivity contribution in [1.82, 2.24) is 34.9 Å². The molecule has 33 heavy (non-hydrogen) atoms. The fraction of sp³-hybridized carbons (Fsp3) is 0.391. The summed E-state index contributed by atoms with van der Waals surface area (Å²) >= 11 is 0. The fourth-order valence-corrected chi connectivity index (χ4v) is 4.04. The summed E-state index contributed by atoms with van der Waals surface area (Å²) in [6.45, 7) is 5.97. The zero-order valence-corrected chi connectivity index (χ0v) is 18.8. The Bertz CT molecular complexity index is 1250. The summed E-state index contributed by atoms with van der Waals surface area (Å²) in [5.41, 5.74) is 7.44. The Morgan fingerprint density at radius 2 is 1.85 bits per heavy atom. The lowest BCUT2D eigenvalue weighted by Gasteiger charge is -2.26. The highest BCUT2D eigenvalue weighted by atomic mass is 16.5. The van der Waals surface area contributed by atoms with Crippen LogP contribution in [-0.2, 0) is 12.0 Å². The summed E-state index contributed by atoms with van der Waals surface area (Å²) in [5, 5.41) is 18.7. The van der Waals surface area contributed by atoms with Crippen LogP contribution in [0.25, 0.3) is 22.8 Å².